The molecule has 1 aromatic rings. The maximum Gasteiger partial charge on any atom is 0.229 e. The lowest BCUT2D eigenvalue weighted by Crippen LogP contribution is -2.27. The van der Waals surface area contributed by atoms with Crippen molar-refractivity contribution in [1.29, 1.82) is 0 Å². The third-order valence-electron chi connectivity index (χ3n) is 1.97. The average Bonchev–Trinajstić information content (AvgIpc) is 2.07. The van der Waals surface area contributed by atoms with Gasteiger partial charge in [-0.3, -0.25) is 9.78 Å². The minimum Gasteiger partial charge on any atom is -0.324 e. The van der Waals surface area contributed by atoms with Crippen LogP contribution in [0.5, 0.6) is 0 Å². The van der Waals surface area contributed by atoms with Crippen LogP contribution < -0.4 is 5.32 Å². The zero-order valence-corrected chi connectivity index (χ0v) is 9.09. The second kappa shape index (κ2) is 3.78. The van der Waals surface area contributed by atoms with Gasteiger partial charge in [0.2, 0.25) is 5.91 Å². The smallest absolute Gasteiger partial charge is 0.229 e. The molecule has 0 aliphatic carbocycles. The molecule has 1 aromatic heterocycles. The second-order valence-electron chi connectivity index (χ2n) is 4.39. The van der Waals surface area contributed by atoms with Gasteiger partial charge >= 0.3 is 0 Å². The van der Waals surface area contributed by atoms with Crippen molar-refractivity contribution in [2.24, 2.45) is 5.41 Å². The van der Waals surface area contributed by atoms with Crippen LogP contribution in [0.15, 0.2) is 18.5 Å². The second-order valence-corrected chi connectivity index (χ2v) is 4.39. The monoisotopic (exact) mass is 192 g/mol. The molecule has 0 spiro atoms. The van der Waals surface area contributed by atoms with Crippen LogP contribution in [0.3, 0.4) is 0 Å². The summed E-state index contributed by atoms with van der Waals surface area (Å²) in [5.74, 6) is 0.00796. The van der Waals surface area contributed by atoms with Crippen LogP contribution in [0.2, 0.25) is 0 Å². The SMILES string of the molecule is Cc1ccncc1NC(=O)C(C)(C)C. The topological polar surface area (TPSA) is 42.0 Å². The maximum atomic E-state index is 11.6. The average molecular weight is 192 g/mol. The van der Waals surface area contributed by atoms with E-state index in [1.165, 1.54) is 0 Å². The number of nitrogens with zero attached hydrogens (tertiary/aromatic N) is 1. The Hall–Kier alpha value is -1.38. The van der Waals surface area contributed by atoms with Crippen molar-refractivity contribution in [3.63, 3.8) is 0 Å². The first-order valence-corrected chi connectivity index (χ1v) is 4.63. The summed E-state index contributed by atoms with van der Waals surface area (Å²) in [6.45, 7) is 7.59. The number of amides is 1. The van der Waals surface area contributed by atoms with E-state index < -0.39 is 0 Å². The Morgan fingerprint density at radius 3 is 2.57 bits per heavy atom. The third-order valence-corrected chi connectivity index (χ3v) is 1.97. The first kappa shape index (κ1) is 10.7. The number of carbonyl (C=O) groups is 1. The lowest BCUT2D eigenvalue weighted by atomic mass is 9.95. The molecule has 1 N–H and O–H groups in total. The van der Waals surface area contributed by atoms with Crippen LogP contribution in [-0.2, 0) is 4.79 Å². The summed E-state index contributed by atoms with van der Waals surface area (Å²) < 4.78 is 0. The van der Waals surface area contributed by atoms with Crippen molar-refractivity contribution in [3.8, 4) is 0 Å². The largest absolute Gasteiger partial charge is 0.324 e. The Bertz CT molecular complexity index is 339. The predicted octanol–water partition coefficient (Wildman–Crippen LogP) is 2.37. The fourth-order valence-corrected chi connectivity index (χ4v) is 0.905. The van der Waals surface area contributed by atoms with Crippen LogP contribution in [0.25, 0.3) is 0 Å². The molecular formula is C11H16N2O. The molecule has 0 saturated heterocycles. The highest BCUT2D eigenvalue weighted by atomic mass is 16.2. The molecule has 14 heavy (non-hydrogen) atoms. The predicted molar refractivity (Wildman–Crippen MR) is 57.1 cm³/mol. The van der Waals surface area contributed by atoms with Crippen molar-refractivity contribution in [2.45, 2.75) is 27.7 Å². The van der Waals surface area contributed by atoms with Gasteiger partial charge in [0, 0.05) is 11.6 Å². The van der Waals surface area contributed by atoms with E-state index in [1.54, 1.807) is 12.4 Å². The number of rotatable bonds is 1. The first-order valence-electron chi connectivity index (χ1n) is 4.63. The van der Waals surface area contributed by atoms with Crippen LogP contribution in [0.4, 0.5) is 5.69 Å². The fraction of sp³-hybridized carbons (Fsp3) is 0.455. The molecule has 0 aliphatic rings. The van der Waals surface area contributed by atoms with Crippen molar-refractivity contribution in [1.82, 2.24) is 4.98 Å². The van der Waals surface area contributed by atoms with Crippen LogP contribution in [-0.4, -0.2) is 10.9 Å². The molecule has 0 fully saturated rings. The summed E-state index contributed by atoms with van der Waals surface area (Å²) in [5, 5.41) is 2.85. The van der Waals surface area contributed by atoms with Gasteiger partial charge in [0.1, 0.15) is 0 Å². The van der Waals surface area contributed by atoms with Gasteiger partial charge in [-0.25, -0.2) is 0 Å². The zero-order chi connectivity index (χ0) is 10.8. The normalized spacial score (nSPS) is 11.1. The van der Waals surface area contributed by atoms with Gasteiger partial charge in [-0.2, -0.15) is 0 Å². The number of aromatic nitrogens is 1. The number of nitrogens with one attached hydrogen (secondary N) is 1. The van der Waals surface area contributed by atoms with E-state index in [4.69, 9.17) is 0 Å². The molecule has 3 heteroatoms. The Morgan fingerprint density at radius 1 is 1.43 bits per heavy atom. The fourth-order valence-electron chi connectivity index (χ4n) is 0.905. The number of hydrogen-bond acceptors (Lipinski definition) is 2. The molecule has 1 rings (SSSR count). The quantitative estimate of drug-likeness (QED) is 0.742. The molecule has 76 valence electrons. The zero-order valence-electron chi connectivity index (χ0n) is 9.09. The Morgan fingerprint density at radius 2 is 2.07 bits per heavy atom. The van der Waals surface area contributed by atoms with Gasteiger partial charge in [-0.1, -0.05) is 20.8 Å². The highest BCUT2D eigenvalue weighted by Gasteiger charge is 2.21. The molecule has 0 saturated carbocycles. The molecular weight excluding hydrogens is 176 g/mol. The highest BCUT2D eigenvalue weighted by Crippen LogP contribution is 2.18. The van der Waals surface area contributed by atoms with E-state index in [0.29, 0.717) is 0 Å². The summed E-state index contributed by atoms with van der Waals surface area (Å²) in [7, 11) is 0. The minimum atomic E-state index is -0.373. The molecule has 1 amide bonds. The van der Waals surface area contributed by atoms with Crippen molar-refractivity contribution in [3.05, 3.63) is 24.0 Å². The number of pyridine rings is 1. The number of hydrogen-bond donors (Lipinski definition) is 1. The molecule has 3 nitrogen and oxygen atoms in total. The van der Waals surface area contributed by atoms with Gasteiger partial charge in [-0.15, -0.1) is 0 Å². The van der Waals surface area contributed by atoms with E-state index in [9.17, 15) is 4.79 Å². The van der Waals surface area contributed by atoms with Crippen molar-refractivity contribution in [2.75, 3.05) is 5.32 Å². The van der Waals surface area contributed by atoms with Crippen molar-refractivity contribution >= 4 is 11.6 Å². The van der Waals surface area contributed by atoms with E-state index in [-0.39, 0.29) is 11.3 Å². The Balaban J connectivity index is 2.80. The van der Waals surface area contributed by atoms with E-state index in [2.05, 4.69) is 10.3 Å². The van der Waals surface area contributed by atoms with Gasteiger partial charge in [-0.05, 0) is 18.6 Å². The number of anilines is 1. The van der Waals surface area contributed by atoms with Gasteiger partial charge in [0.15, 0.2) is 0 Å². The highest BCUT2D eigenvalue weighted by molar-refractivity contribution is 5.94. The Labute approximate surface area is 84.6 Å². The van der Waals surface area contributed by atoms with E-state index in [1.807, 2.05) is 33.8 Å². The van der Waals surface area contributed by atoms with Crippen molar-refractivity contribution < 1.29 is 4.79 Å². The summed E-state index contributed by atoms with van der Waals surface area (Å²) in [6.07, 6.45) is 3.38. The summed E-state index contributed by atoms with van der Waals surface area (Å²) in [4.78, 5) is 15.6. The maximum absolute atomic E-state index is 11.6. The van der Waals surface area contributed by atoms with Crippen LogP contribution >= 0.6 is 0 Å². The number of carbonyl (C=O) groups excluding carboxylic acids is 1. The van der Waals surface area contributed by atoms with E-state index in [0.717, 1.165) is 11.3 Å². The number of aryl methyl sites for hydroxylation is 1. The van der Waals surface area contributed by atoms with Gasteiger partial charge in [0.25, 0.3) is 0 Å². The minimum absolute atomic E-state index is 0.00796. The Kier molecular flexibility index (Phi) is 2.89. The molecule has 0 aliphatic heterocycles. The summed E-state index contributed by atoms with van der Waals surface area (Å²) in [6, 6.07) is 1.87. The molecule has 0 radical (unpaired) electrons. The van der Waals surface area contributed by atoms with Crippen LogP contribution in [0.1, 0.15) is 26.3 Å². The molecule has 0 unspecified atom stereocenters. The lowest BCUT2D eigenvalue weighted by molar-refractivity contribution is -0.123. The van der Waals surface area contributed by atoms with Gasteiger partial charge in [0.05, 0.1) is 11.9 Å². The molecule has 1 heterocycles. The van der Waals surface area contributed by atoms with Gasteiger partial charge < -0.3 is 5.32 Å². The lowest BCUT2D eigenvalue weighted by Gasteiger charge is -2.18. The third kappa shape index (κ3) is 2.55. The summed E-state index contributed by atoms with van der Waals surface area (Å²) in [5.41, 5.74) is 1.44. The van der Waals surface area contributed by atoms with E-state index >= 15 is 0 Å². The molecule has 0 atom stereocenters. The standard InChI is InChI=1S/C11H16N2O/c1-8-5-6-12-7-9(8)13-10(14)11(2,3)4/h5-7H,1-4H3,(H,13,14). The summed E-state index contributed by atoms with van der Waals surface area (Å²) >= 11 is 0. The van der Waals surface area contributed by atoms with Crippen LogP contribution in [0, 0.1) is 12.3 Å². The first-order chi connectivity index (χ1) is 6.41. The molecule has 0 aromatic carbocycles. The molecule has 0 bridgehead atoms.